The highest BCUT2D eigenvalue weighted by molar-refractivity contribution is 5.97. The van der Waals surface area contributed by atoms with Crippen LogP contribution in [-0.2, 0) is 9.53 Å². The van der Waals surface area contributed by atoms with E-state index in [1.807, 2.05) is 13.8 Å². The van der Waals surface area contributed by atoms with E-state index < -0.39 is 17.9 Å². The first-order chi connectivity index (χ1) is 9.27. The first-order valence-corrected chi connectivity index (χ1v) is 6.32. The number of ether oxygens (including phenoxy) is 1. The molecule has 1 amide bonds. The number of amides is 1. The molecule has 0 aliphatic heterocycles. The Balaban J connectivity index is 3.17. The molecular formula is C14H21N3O3. The number of rotatable bonds is 5. The highest BCUT2D eigenvalue weighted by atomic mass is 16.5. The van der Waals surface area contributed by atoms with Crippen molar-refractivity contribution >= 4 is 23.3 Å². The van der Waals surface area contributed by atoms with Crippen molar-refractivity contribution in [1.29, 1.82) is 0 Å². The van der Waals surface area contributed by atoms with Crippen LogP contribution < -0.4 is 16.8 Å². The summed E-state index contributed by atoms with van der Waals surface area (Å²) in [6, 6.07) is 2.80. The predicted octanol–water partition coefficient (Wildman–Crippen LogP) is 1.29. The molecule has 6 nitrogen and oxygen atoms in total. The van der Waals surface area contributed by atoms with Crippen LogP contribution in [0.1, 0.15) is 29.8 Å². The maximum absolute atomic E-state index is 11.7. The molecule has 0 aromatic heterocycles. The fraction of sp³-hybridized carbons (Fsp3) is 0.429. The van der Waals surface area contributed by atoms with Crippen molar-refractivity contribution in [1.82, 2.24) is 0 Å². The van der Waals surface area contributed by atoms with Crippen molar-refractivity contribution < 1.29 is 14.3 Å². The van der Waals surface area contributed by atoms with Crippen molar-refractivity contribution in [3.05, 3.63) is 23.3 Å². The average Bonchev–Trinajstić information content (AvgIpc) is 2.37. The van der Waals surface area contributed by atoms with Crippen LogP contribution in [0.25, 0.3) is 0 Å². The number of nitrogens with one attached hydrogen (secondary N) is 1. The van der Waals surface area contributed by atoms with E-state index in [-0.39, 0.29) is 11.5 Å². The van der Waals surface area contributed by atoms with Gasteiger partial charge < -0.3 is 21.5 Å². The molecule has 1 unspecified atom stereocenters. The molecule has 0 heterocycles. The lowest BCUT2D eigenvalue weighted by Gasteiger charge is -2.21. The maximum atomic E-state index is 11.7. The number of nitrogen functional groups attached to an aromatic ring is 1. The Bertz CT molecular complexity index is 527. The van der Waals surface area contributed by atoms with E-state index in [0.717, 1.165) is 5.56 Å². The summed E-state index contributed by atoms with van der Waals surface area (Å²) >= 11 is 0. The van der Waals surface area contributed by atoms with Crippen molar-refractivity contribution in [3.8, 4) is 0 Å². The molecule has 0 radical (unpaired) electrons. The zero-order chi connectivity index (χ0) is 15.4. The second-order valence-electron chi connectivity index (χ2n) is 5.01. The molecule has 1 aromatic rings. The summed E-state index contributed by atoms with van der Waals surface area (Å²) in [4.78, 5) is 23.1. The molecule has 6 heteroatoms. The minimum absolute atomic E-state index is 0.0203. The van der Waals surface area contributed by atoms with E-state index in [1.165, 1.54) is 7.11 Å². The van der Waals surface area contributed by atoms with Gasteiger partial charge in [-0.25, -0.2) is 4.79 Å². The Kier molecular flexibility index (Phi) is 4.96. The third-order valence-corrected chi connectivity index (χ3v) is 3.09. The monoisotopic (exact) mass is 279 g/mol. The molecule has 0 aliphatic rings. The molecular weight excluding hydrogens is 258 g/mol. The number of benzene rings is 1. The van der Waals surface area contributed by atoms with E-state index >= 15 is 0 Å². The first-order valence-electron chi connectivity index (χ1n) is 6.32. The first kappa shape index (κ1) is 15.8. The second-order valence-corrected chi connectivity index (χ2v) is 5.01. The lowest BCUT2D eigenvalue weighted by Crippen LogP contribution is -2.39. The summed E-state index contributed by atoms with van der Waals surface area (Å²) in [5, 5.41) is 3.03. The van der Waals surface area contributed by atoms with E-state index in [9.17, 15) is 9.59 Å². The van der Waals surface area contributed by atoms with Gasteiger partial charge in [-0.1, -0.05) is 13.8 Å². The van der Waals surface area contributed by atoms with Gasteiger partial charge in [0.1, 0.15) is 6.04 Å². The molecule has 20 heavy (non-hydrogen) atoms. The number of methoxy groups -OCH3 is 1. The number of nitrogens with two attached hydrogens (primary N) is 2. The van der Waals surface area contributed by atoms with Crippen LogP contribution in [0.3, 0.4) is 0 Å². The zero-order valence-electron chi connectivity index (χ0n) is 12.2. The van der Waals surface area contributed by atoms with Crippen LogP contribution in [0.2, 0.25) is 0 Å². The smallest absolute Gasteiger partial charge is 0.340 e. The Morgan fingerprint density at radius 3 is 2.35 bits per heavy atom. The molecule has 0 spiro atoms. The molecule has 0 aliphatic carbocycles. The van der Waals surface area contributed by atoms with Crippen LogP contribution >= 0.6 is 0 Å². The quantitative estimate of drug-likeness (QED) is 0.556. The number of esters is 1. The summed E-state index contributed by atoms with van der Waals surface area (Å²) in [5.41, 5.74) is 13.2. The normalized spacial score (nSPS) is 12.1. The fourth-order valence-corrected chi connectivity index (χ4v) is 1.91. The highest BCUT2D eigenvalue weighted by Crippen LogP contribution is 2.24. The van der Waals surface area contributed by atoms with Gasteiger partial charge in [0.25, 0.3) is 0 Å². The molecule has 0 saturated carbocycles. The van der Waals surface area contributed by atoms with Crippen molar-refractivity contribution in [2.45, 2.75) is 26.8 Å². The lowest BCUT2D eigenvalue weighted by molar-refractivity contribution is -0.119. The van der Waals surface area contributed by atoms with Gasteiger partial charge in [0.15, 0.2) is 0 Å². The van der Waals surface area contributed by atoms with Gasteiger partial charge >= 0.3 is 5.97 Å². The van der Waals surface area contributed by atoms with E-state index in [1.54, 1.807) is 19.1 Å². The summed E-state index contributed by atoms with van der Waals surface area (Å²) in [6.45, 7) is 5.54. The van der Waals surface area contributed by atoms with E-state index in [2.05, 4.69) is 10.1 Å². The average molecular weight is 279 g/mol. The SMILES string of the molecule is COC(=O)c1cc(NC(C(N)=O)C(C)C)cc(C)c1N. The Hall–Kier alpha value is -2.24. The topological polar surface area (TPSA) is 107 Å². The number of carbonyl (C=O) groups is 2. The molecule has 0 fully saturated rings. The van der Waals surface area contributed by atoms with E-state index in [0.29, 0.717) is 11.4 Å². The third-order valence-electron chi connectivity index (χ3n) is 3.09. The van der Waals surface area contributed by atoms with Gasteiger partial charge in [0, 0.05) is 11.4 Å². The molecule has 1 atom stereocenters. The summed E-state index contributed by atoms with van der Waals surface area (Å²) in [5.74, 6) is -0.949. The van der Waals surface area contributed by atoms with Crippen molar-refractivity contribution in [2.24, 2.45) is 11.7 Å². The van der Waals surface area contributed by atoms with Crippen molar-refractivity contribution in [3.63, 3.8) is 0 Å². The van der Waals surface area contributed by atoms with E-state index in [4.69, 9.17) is 11.5 Å². The Morgan fingerprint density at radius 2 is 1.90 bits per heavy atom. The Labute approximate surface area is 118 Å². The highest BCUT2D eigenvalue weighted by Gasteiger charge is 2.21. The van der Waals surface area contributed by atoms with Crippen molar-refractivity contribution in [2.75, 3.05) is 18.2 Å². The summed E-state index contributed by atoms with van der Waals surface area (Å²) in [6.07, 6.45) is 0. The summed E-state index contributed by atoms with van der Waals surface area (Å²) < 4.78 is 4.69. The third kappa shape index (κ3) is 3.40. The molecule has 1 rings (SSSR count). The second kappa shape index (κ2) is 6.27. The maximum Gasteiger partial charge on any atom is 0.340 e. The number of primary amides is 1. The largest absolute Gasteiger partial charge is 0.465 e. The van der Waals surface area contributed by atoms with Crippen LogP contribution in [0.4, 0.5) is 11.4 Å². The number of hydrogen-bond donors (Lipinski definition) is 3. The van der Waals surface area contributed by atoms with Crippen LogP contribution in [0.15, 0.2) is 12.1 Å². The van der Waals surface area contributed by atoms with Crippen LogP contribution in [0, 0.1) is 12.8 Å². The minimum atomic E-state index is -0.525. The molecule has 1 aromatic carbocycles. The molecule has 5 N–H and O–H groups in total. The lowest BCUT2D eigenvalue weighted by atomic mass is 10.0. The minimum Gasteiger partial charge on any atom is -0.465 e. The van der Waals surface area contributed by atoms with Gasteiger partial charge in [-0.3, -0.25) is 4.79 Å². The van der Waals surface area contributed by atoms with Gasteiger partial charge in [0.05, 0.1) is 12.7 Å². The number of anilines is 2. The summed E-state index contributed by atoms with van der Waals surface area (Å²) in [7, 11) is 1.29. The van der Waals surface area contributed by atoms with Gasteiger partial charge in [0.2, 0.25) is 5.91 Å². The van der Waals surface area contributed by atoms with Crippen LogP contribution in [0.5, 0.6) is 0 Å². The van der Waals surface area contributed by atoms with Gasteiger partial charge in [-0.15, -0.1) is 0 Å². The fourth-order valence-electron chi connectivity index (χ4n) is 1.91. The number of hydrogen-bond acceptors (Lipinski definition) is 5. The van der Waals surface area contributed by atoms with Crippen LogP contribution in [-0.4, -0.2) is 25.0 Å². The number of carbonyl (C=O) groups excluding carboxylic acids is 2. The van der Waals surface area contributed by atoms with Gasteiger partial charge in [-0.05, 0) is 30.5 Å². The Morgan fingerprint density at radius 1 is 1.30 bits per heavy atom. The predicted molar refractivity (Wildman–Crippen MR) is 78.4 cm³/mol. The zero-order valence-corrected chi connectivity index (χ0v) is 12.2. The molecule has 110 valence electrons. The molecule has 0 bridgehead atoms. The molecule has 0 saturated heterocycles. The number of aryl methyl sites for hydroxylation is 1. The van der Waals surface area contributed by atoms with Gasteiger partial charge in [-0.2, -0.15) is 0 Å². The standard InChI is InChI=1S/C14H21N3O3/c1-7(2)12(13(16)18)17-9-5-8(3)11(15)10(6-9)14(19)20-4/h5-7,12,17H,15H2,1-4H3,(H2,16,18).